The maximum Gasteiger partial charge on any atom is 0.317 e. The Morgan fingerprint density at radius 1 is 1.47 bits per heavy atom. The zero-order valence-corrected chi connectivity index (χ0v) is 9.75. The third-order valence-electron chi connectivity index (χ3n) is 2.73. The van der Waals surface area contributed by atoms with Crippen LogP contribution in [0.1, 0.15) is 6.92 Å². The molecule has 1 aliphatic rings. The third-order valence-corrected chi connectivity index (χ3v) is 2.73. The van der Waals surface area contributed by atoms with E-state index in [0.29, 0.717) is 0 Å². The molecule has 2 amide bonds. The van der Waals surface area contributed by atoms with Crippen molar-refractivity contribution >= 4 is 6.03 Å². The van der Waals surface area contributed by atoms with Gasteiger partial charge in [0.1, 0.15) is 0 Å². The molecule has 0 aromatic heterocycles. The van der Waals surface area contributed by atoms with Crippen molar-refractivity contribution in [2.24, 2.45) is 0 Å². The highest BCUT2D eigenvalue weighted by molar-refractivity contribution is 5.73. The van der Waals surface area contributed by atoms with E-state index >= 15 is 0 Å². The Morgan fingerprint density at radius 2 is 2.13 bits per heavy atom. The van der Waals surface area contributed by atoms with Crippen LogP contribution in [-0.2, 0) is 0 Å². The molecule has 0 unspecified atom stereocenters. The van der Waals surface area contributed by atoms with Gasteiger partial charge in [0, 0.05) is 52.9 Å². The average molecular weight is 214 g/mol. The maximum atomic E-state index is 11.4. The summed E-state index contributed by atoms with van der Waals surface area (Å²) in [6.45, 7) is 8.69. The van der Waals surface area contributed by atoms with Crippen LogP contribution in [-0.4, -0.2) is 68.7 Å². The molecule has 1 saturated heterocycles. The number of rotatable bonds is 4. The number of carbonyl (C=O) groups is 1. The molecule has 0 aromatic carbocycles. The van der Waals surface area contributed by atoms with Crippen molar-refractivity contribution in [3.8, 4) is 0 Å². The zero-order chi connectivity index (χ0) is 11.1. The molecule has 88 valence electrons. The van der Waals surface area contributed by atoms with Gasteiger partial charge in [0.15, 0.2) is 0 Å². The van der Waals surface area contributed by atoms with Gasteiger partial charge in [0.2, 0.25) is 0 Å². The number of carbonyl (C=O) groups excluding carboxylic acids is 1. The van der Waals surface area contributed by atoms with Crippen molar-refractivity contribution in [1.82, 2.24) is 20.4 Å². The Morgan fingerprint density at radius 3 is 2.73 bits per heavy atom. The summed E-state index contributed by atoms with van der Waals surface area (Å²) in [4.78, 5) is 15.4. The van der Waals surface area contributed by atoms with Crippen LogP contribution < -0.4 is 10.6 Å². The van der Waals surface area contributed by atoms with Gasteiger partial charge in [-0.1, -0.05) is 0 Å². The number of hydrogen-bond acceptors (Lipinski definition) is 3. The van der Waals surface area contributed by atoms with E-state index in [1.165, 1.54) is 0 Å². The second kappa shape index (κ2) is 6.63. The second-order valence-electron chi connectivity index (χ2n) is 3.84. The van der Waals surface area contributed by atoms with Crippen molar-refractivity contribution < 1.29 is 4.79 Å². The number of urea groups is 1. The summed E-state index contributed by atoms with van der Waals surface area (Å²) < 4.78 is 0. The fourth-order valence-corrected chi connectivity index (χ4v) is 1.53. The standard InChI is InChI=1S/C10H22N4O/c1-3-13(2)10(15)12-6-9-14-7-4-11-5-8-14/h11H,3-9H2,1-2H3,(H,12,15). The van der Waals surface area contributed by atoms with E-state index in [9.17, 15) is 4.79 Å². The lowest BCUT2D eigenvalue weighted by molar-refractivity contribution is 0.204. The highest BCUT2D eigenvalue weighted by atomic mass is 16.2. The van der Waals surface area contributed by atoms with E-state index in [4.69, 9.17) is 0 Å². The summed E-state index contributed by atoms with van der Waals surface area (Å²) in [5.41, 5.74) is 0. The van der Waals surface area contributed by atoms with Crippen LogP contribution in [0, 0.1) is 0 Å². The molecule has 1 rings (SSSR count). The average Bonchev–Trinajstić information content (AvgIpc) is 2.29. The van der Waals surface area contributed by atoms with Crippen LogP contribution in [0.15, 0.2) is 0 Å². The monoisotopic (exact) mass is 214 g/mol. The van der Waals surface area contributed by atoms with Crippen LogP contribution in [0.2, 0.25) is 0 Å². The van der Waals surface area contributed by atoms with E-state index in [0.717, 1.165) is 45.8 Å². The lowest BCUT2D eigenvalue weighted by Gasteiger charge is -2.27. The number of nitrogens with one attached hydrogen (secondary N) is 2. The number of hydrogen-bond donors (Lipinski definition) is 2. The summed E-state index contributed by atoms with van der Waals surface area (Å²) in [5, 5.41) is 6.21. The van der Waals surface area contributed by atoms with Crippen molar-refractivity contribution in [2.75, 3.05) is 52.9 Å². The molecule has 1 heterocycles. The van der Waals surface area contributed by atoms with Crippen molar-refractivity contribution in [3.05, 3.63) is 0 Å². The Labute approximate surface area is 91.8 Å². The molecule has 0 radical (unpaired) electrons. The van der Waals surface area contributed by atoms with Gasteiger partial charge in [0.05, 0.1) is 0 Å². The quantitative estimate of drug-likeness (QED) is 0.666. The van der Waals surface area contributed by atoms with Gasteiger partial charge in [0.25, 0.3) is 0 Å². The Kier molecular flexibility index (Phi) is 5.42. The Balaban J connectivity index is 2.07. The van der Waals surface area contributed by atoms with E-state index in [2.05, 4.69) is 15.5 Å². The van der Waals surface area contributed by atoms with Crippen molar-refractivity contribution in [3.63, 3.8) is 0 Å². The van der Waals surface area contributed by atoms with E-state index in [1.807, 2.05) is 6.92 Å². The van der Waals surface area contributed by atoms with Gasteiger partial charge in [-0.15, -0.1) is 0 Å². The van der Waals surface area contributed by atoms with Gasteiger partial charge < -0.3 is 15.5 Å². The molecule has 15 heavy (non-hydrogen) atoms. The highest BCUT2D eigenvalue weighted by Gasteiger charge is 2.10. The highest BCUT2D eigenvalue weighted by Crippen LogP contribution is 1.90. The van der Waals surface area contributed by atoms with Crippen LogP contribution in [0.4, 0.5) is 4.79 Å². The molecule has 0 bridgehead atoms. The molecular weight excluding hydrogens is 192 g/mol. The summed E-state index contributed by atoms with van der Waals surface area (Å²) >= 11 is 0. The number of piperazine rings is 1. The smallest absolute Gasteiger partial charge is 0.317 e. The van der Waals surface area contributed by atoms with Gasteiger partial charge in [-0.3, -0.25) is 4.90 Å². The van der Waals surface area contributed by atoms with Crippen LogP contribution in [0.5, 0.6) is 0 Å². The molecule has 0 atom stereocenters. The van der Waals surface area contributed by atoms with Crippen LogP contribution in [0.25, 0.3) is 0 Å². The molecule has 1 fully saturated rings. The predicted molar refractivity (Wildman–Crippen MR) is 61.0 cm³/mol. The predicted octanol–water partition coefficient (Wildman–Crippen LogP) is -0.447. The first-order valence-corrected chi connectivity index (χ1v) is 5.66. The van der Waals surface area contributed by atoms with Gasteiger partial charge in [-0.2, -0.15) is 0 Å². The van der Waals surface area contributed by atoms with Gasteiger partial charge in [-0.05, 0) is 6.92 Å². The topological polar surface area (TPSA) is 47.6 Å². The molecule has 0 aliphatic carbocycles. The van der Waals surface area contributed by atoms with E-state index in [-0.39, 0.29) is 6.03 Å². The molecular formula is C10H22N4O. The van der Waals surface area contributed by atoms with E-state index < -0.39 is 0 Å². The van der Waals surface area contributed by atoms with Crippen molar-refractivity contribution in [2.45, 2.75) is 6.92 Å². The first-order valence-electron chi connectivity index (χ1n) is 5.66. The Hall–Kier alpha value is -0.810. The lowest BCUT2D eigenvalue weighted by atomic mass is 10.3. The molecule has 0 saturated carbocycles. The lowest BCUT2D eigenvalue weighted by Crippen LogP contribution is -2.47. The minimum Gasteiger partial charge on any atom is -0.337 e. The molecule has 1 aliphatic heterocycles. The summed E-state index contributed by atoms with van der Waals surface area (Å²) in [7, 11) is 1.81. The third kappa shape index (κ3) is 4.48. The number of nitrogens with zero attached hydrogens (tertiary/aromatic N) is 2. The van der Waals surface area contributed by atoms with Gasteiger partial charge in [-0.25, -0.2) is 4.79 Å². The molecule has 2 N–H and O–H groups in total. The minimum absolute atomic E-state index is 0.0210. The largest absolute Gasteiger partial charge is 0.337 e. The number of amides is 2. The summed E-state index contributed by atoms with van der Waals surface area (Å²) in [6, 6.07) is 0.0210. The zero-order valence-electron chi connectivity index (χ0n) is 9.75. The Bertz CT molecular complexity index is 192. The second-order valence-corrected chi connectivity index (χ2v) is 3.84. The molecule has 0 spiro atoms. The SMILES string of the molecule is CCN(C)C(=O)NCCN1CCNCC1. The first kappa shape index (κ1) is 12.3. The van der Waals surface area contributed by atoms with Crippen LogP contribution >= 0.6 is 0 Å². The fraction of sp³-hybridized carbons (Fsp3) is 0.900. The summed E-state index contributed by atoms with van der Waals surface area (Å²) in [6.07, 6.45) is 0. The first-order chi connectivity index (χ1) is 7.24. The normalized spacial score (nSPS) is 17.5. The van der Waals surface area contributed by atoms with Crippen LogP contribution in [0.3, 0.4) is 0 Å². The fourth-order valence-electron chi connectivity index (χ4n) is 1.53. The molecule has 0 aromatic rings. The van der Waals surface area contributed by atoms with Crippen molar-refractivity contribution in [1.29, 1.82) is 0 Å². The molecule has 5 heteroatoms. The maximum absolute atomic E-state index is 11.4. The summed E-state index contributed by atoms with van der Waals surface area (Å²) in [5.74, 6) is 0. The molecule has 5 nitrogen and oxygen atoms in total. The van der Waals surface area contributed by atoms with Gasteiger partial charge >= 0.3 is 6.03 Å². The van der Waals surface area contributed by atoms with E-state index in [1.54, 1.807) is 11.9 Å². The minimum atomic E-state index is 0.0210.